The molecule has 4 heterocycles. The number of hydrogen-bond donors (Lipinski definition) is 0. The third kappa shape index (κ3) is 3.46. The minimum absolute atomic E-state index is 0.771. The van der Waals surface area contributed by atoms with E-state index in [-0.39, 0.29) is 0 Å². The zero-order valence-electron chi connectivity index (χ0n) is 13.0. The summed E-state index contributed by atoms with van der Waals surface area (Å²) in [5.41, 5.74) is 4.46. The van der Waals surface area contributed by atoms with Crippen molar-refractivity contribution in [1.29, 1.82) is 0 Å². The molecule has 0 spiro atoms. The molecule has 0 saturated carbocycles. The summed E-state index contributed by atoms with van der Waals surface area (Å²) in [7, 11) is 0. The van der Waals surface area contributed by atoms with Crippen LogP contribution in [0.5, 0.6) is 0 Å². The normalized spacial score (nSPS) is 15.5. The first kappa shape index (κ1) is 14.8. The summed E-state index contributed by atoms with van der Waals surface area (Å²) >= 11 is 3.49. The van der Waals surface area contributed by atoms with Crippen molar-refractivity contribution in [2.45, 2.75) is 25.8 Å². The van der Waals surface area contributed by atoms with Gasteiger partial charge in [-0.05, 0) is 71.7 Å². The molecular formula is C18H19BrN4. The van der Waals surface area contributed by atoms with Gasteiger partial charge in [0.05, 0.1) is 5.69 Å². The fourth-order valence-electron chi connectivity index (χ4n) is 3.21. The molecule has 118 valence electrons. The molecule has 3 aromatic heterocycles. The highest BCUT2D eigenvalue weighted by Crippen LogP contribution is 2.16. The van der Waals surface area contributed by atoms with Crippen molar-refractivity contribution in [3.05, 3.63) is 64.3 Å². The standard InChI is InChI=1S/C18H19BrN4/c19-15-3-4-18-21-17(13-23(18)12-15)10-16-9-14(5-6-20-16)11-22-7-1-2-8-22/h3-6,9,12-13H,1-2,7-8,10-11H2. The van der Waals surface area contributed by atoms with Gasteiger partial charge in [-0.3, -0.25) is 9.88 Å². The van der Waals surface area contributed by atoms with Crippen molar-refractivity contribution < 1.29 is 0 Å². The number of likely N-dealkylation sites (tertiary alicyclic amines) is 1. The fraction of sp³-hybridized carbons (Fsp3) is 0.333. The highest BCUT2D eigenvalue weighted by molar-refractivity contribution is 9.10. The van der Waals surface area contributed by atoms with Gasteiger partial charge >= 0.3 is 0 Å². The van der Waals surface area contributed by atoms with Gasteiger partial charge in [-0.25, -0.2) is 4.98 Å². The lowest BCUT2D eigenvalue weighted by molar-refractivity contribution is 0.331. The van der Waals surface area contributed by atoms with Crippen molar-refractivity contribution in [2.24, 2.45) is 0 Å². The molecule has 0 unspecified atom stereocenters. The van der Waals surface area contributed by atoms with Crippen LogP contribution in [-0.4, -0.2) is 32.4 Å². The molecule has 5 heteroatoms. The number of rotatable bonds is 4. The van der Waals surface area contributed by atoms with E-state index in [0.717, 1.165) is 34.5 Å². The lowest BCUT2D eigenvalue weighted by atomic mass is 10.1. The van der Waals surface area contributed by atoms with E-state index in [1.165, 1.54) is 31.5 Å². The SMILES string of the molecule is Brc1ccc2nc(Cc3cc(CN4CCCC4)ccn3)cn2c1. The van der Waals surface area contributed by atoms with Crippen LogP contribution in [0.25, 0.3) is 5.65 Å². The Morgan fingerprint density at radius 3 is 2.78 bits per heavy atom. The van der Waals surface area contributed by atoms with Crippen LogP contribution >= 0.6 is 15.9 Å². The molecule has 0 radical (unpaired) electrons. The van der Waals surface area contributed by atoms with Crippen LogP contribution in [0.15, 0.2) is 47.3 Å². The molecule has 3 aromatic rings. The largest absolute Gasteiger partial charge is 0.306 e. The number of halogens is 1. The molecule has 1 fully saturated rings. The zero-order valence-corrected chi connectivity index (χ0v) is 14.5. The molecule has 1 saturated heterocycles. The molecule has 1 aliphatic heterocycles. The molecule has 0 aromatic carbocycles. The lowest BCUT2D eigenvalue weighted by Gasteiger charge is -2.14. The summed E-state index contributed by atoms with van der Waals surface area (Å²) in [6.07, 6.45) is 9.46. The summed E-state index contributed by atoms with van der Waals surface area (Å²) in [5, 5.41) is 0. The molecule has 0 amide bonds. The van der Waals surface area contributed by atoms with Gasteiger partial charge in [0, 0.05) is 41.7 Å². The van der Waals surface area contributed by atoms with Crippen LogP contribution in [0, 0.1) is 0 Å². The van der Waals surface area contributed by atoms with Gasteiger partial charge in [-0.2, -0.15) is 0 Å². The summed E-state index contributed by atoms with van der Waals surface area (Å²) in [5.74, 6) is 0. The second kappa shape index (κ2) is 6.42. The average molecular weight is 371 g/mol. The van der Waals surface area contributed by atoms with Crippen molar-refractivity contribution in [3.63, 3.8) is 0 Å². The third-order valence-electron chi connectivity index (χ3n) is 4.31. The first-order valence-electron chi connectivity index (χ1n) is 8.05. The Labute approximate surface area is 144 Å². The molecule has 0 N–H and O–H groups in total. The van der Waals surface area contributed by atoms with Crippen molar-refractivity contribution in [1.82, 2.24) is 19.3 Å². The Kier molecular flexibility index (Phi) is 4.14. The molecule has 0 aliphatic carbocycles. The maximum absolute atomic E-state index is 4.67. The number of aromatic nitrogens is 3. The number of pyridine rings is 2. The van der Waals surface area contributed by atoms with Crippen LogP contribution in [0.2, 0.25) is 0 Å². The second-order valence-corrected chi connectivity index (χ2v) is 7.08. The number of nitrogens with zero attached hydrogens (tertiary/aromatic N) is 4. The minimum Gasteiger partial charge on any atom is -0.306 e. The smallest absolute Gasteiger partial charge is 0.137 e. The van der Waals surface area contributed by atoms with Gasteiger partial charge in [0.2, 0.25) is 0 Å². The van der Waals surface area contributed by atoms with Crippen molar-refractivity contribution in [2.75, 3.05) is 13.1 Å². The van der Waals surface area contributed by atoms with E-state index in [1.807, 2.05) is 28.9 Å². The van der Waals surface area contributed by atoms with Gasteiger partial charge in [-0.1, -0.05) is 0 Å². The minimum atomic E-state index is 0.771. The maximum atomic E-state index is 4.67. The first-order chi connectivity index (χ1) is 11.3. The number of fused-ring (bicyclic) bond motifs is 1. The average Bonchev–Trinajstić information content (AvgIpc) is 3.16. The van der Waals surface area contributed by atoms with Gasteiger partial charge < -0.3 is 4.40 Å². The van der Waals surface area contributed by atoms with Gasteiger partial charge in [-0.15, -0.1) is 0 Å². The molecule has 4 nitrogen and oxygen atoms in total. The molecule has 1 aliphatic rings. The van der Waals surface area contributed by atoms with Crippen molar-refractivity contribution in [3.8, 4) is 0 Å². The van der Waals surface area contributed by atoms with Gasteiger partial charge in [0.25, 0.3) is 0 Å². The summed E-state index contributed by atoms with van der Waals surface area (Å²) in [6.45, 7) is 3.48. The monoisotopic (exact) mass is 370 g/mol. The van der Waals surface area contributed by atoms with Crippen LogP contribution in [0.4, 0.5) is 0 Å². The van der Waals surface area contributed by atoms with Crippen LogP contribution < -0.4 is 0 Å². The summed E-state index contributed by atoms with van der Waals surface area (Å²) in [6, 6.07) is 8.38. The predicted molar refractivity (Wildman–Crippen MR) is 94.4 cm³/mol. The molecule has 0 bridgehead atoms. The topological polar surface area (TPSA) is 33.4 Å². The molecule has 4 rings (SSSR count). The summed E-state index contributed by atoms with van der Waals surface area (Å²) in [4.78, 5) is 11.7. The van der Waals surface area contributed by atoms with E-state index in [1.54, 1.807) is 0 Å². The van der Waals surface area contributed by atoms with Gasteiger partial charge in [0.1, 0.15) is 5.65 Å². The fourth-order valence-corrected chi connectivity index (χ4v) is 3.56. The lowest BCUT2D eigenvalue weighted by Crippen LogP contribution is -2.18. The van der Waals surface area contributed by atoms with Crippen LogP contribution in [-0.2, 0) is 13.0 Å². The van der Waals surface area contributed by atoms with E-state index in [4.69, 9.17) is 0 Å². The van der Waals surface area contributed by atoms with E-state index in [9.17, 15) is 0 Å². The van der Waals surface area contributed by atoms with E-state index in [2.05, 4.69) is 49.1 Å². The Balaban J connectivity index is 1.52. The summed E-state index contributed by atoms with van der Waals surface area (Å²) < 4.78 is 3.10. The first-order valence-corrected chi connectivity index (χ1v) is 8.85. The molecule has 0 atom stereocenters. The van der Waals surface area contributed by atoms with E-state index < -0.39 is 0 Å². The molecular weight excluding hydrogens is 352 g/mol. The highest BCUT2D eigenvalue weighted by Gasteiger charge is 2.12. The maximum Gasteiger partial charge on any atom is 0.137 e. The van der Waals surface area contributed by atoms with Gasteiger partial charge in [0.15, 0.2) is 0 Å². The highest BCUT2D eigenvalue weighted by atomic mass is 79.9. The Bertz CT molecular complexity index is 821. The second-order valence-electron chi connectivity index (χ2n) is 6.16. The van der Waals surface area contributed by atoms with Crippen LogP contribution in [0.3, 0.4) is 0 Å². The number of hydrogen-bond acceptors (Lipinski definition) is 3. The van der Waals surface area contributed by atoms with Crippen LogP contribution in [0.1, 0.15) is 29.8 Å². The Hall–Kier alpha value is -1.72. The predicted octanol–water partition coefficient (Wildman–Crippen LogP) is 3.68. The van der Waals surface area contributed by atoms with E-state index >= 15 is 0 Å². The van der Waals surface area contributed by atoms with E-state index in [0.29, 0.717) is 0 Å². The Morgan fingerprint density at radius 1 is 1.04 bits per heavy atom. The third-order valence-corrected chi connectivity index (χ3v) is 4.78. The van der Waals surface area contributed by atoms with Crippen molar-refractivity contribution >= 4 is 21.6 Å². The quantitative estimate of drug-likeness (QED) is 0.702. The molecule has 23 heavy (non-hydrogen) atoms. The zero-order chi connectivity index (χ0) is 15.6. The Morgan fingerprint density at radius 2 is 1.91 bits per heavy atom. The number of imidazole rings is 1.